The summed E-state index contributed by atoms with van der Waals surface area (Å²) in [5.74, 6) is 0.585. The fourth-order valence-electron chi connectivity index (χ4n) is 4.61. The van der Waals surface area contributed by atoms with Crippen LogP contribution in [0.5, 0.6) is 0 Å². The number of aliphatic hydroxyl groups is 3. The third-order valence-corrected chi connectivity index (χ3v) is 5.56. The molecule has 104 valence electrons. The molecule has 0 aromatic rings. The third kappa shape index (κ3) is 1.02. The molecule has 0 aliphatic heterocycles. The lowest BCUT2D eigenvalue weighted by molar-refractivity contribution is 0.298. The molecule has 0 bridgehead atoms. The number of hydrogen-bond donors (Lipinski definition) is 3. The van der Waals surface area contributed by atoms with E-state index in [4.69, 9.17) is 0 Å². The van der Waals surface area contributed by atoms with Crippen LogP contribution in [0.25, 0.3) is 0 Å². The van der Waals surface area contributed by atoms with Crippen LogP contribution in [0.3, 0.4) is 0 Å². The Hall–Kier alpha value is -2.42. The summed E-state index contributed by atoms with van der Waals surface area (Å²) in [5.41, 5.74) is 3.37. The lowest BCUT2D eigenvalue weighted by atomic mass is 9.68. The maximum absolute atomic E-state index is 10.5. The zero-order chi connectivity index (χ0) is 14.4. The maximum Gasteiger partial charge on any atom is 0.120 e. The molecule has 1 fully saturated rings. The molecule has 0 aromatic heterocycles. The van der Waals surface area contributed by atoms with Crippen molar-refractivity contribution in [3.8, 4) is 0 Å². The minimum absolute atomic E-state index is 0.0906. The molecule has 3 N–H and O–H groups in total. The first-order valence-electron chi connectivity index (χ1n) is 7.15. The zero-order valence-electron chi connectivity index (χ0n) is 11.3. The number of fused-ring (bicyclic) bond motifs is 1. The second kappa shape index (κ2) is 3.08. The van der Waals surface area contributed by atoms with Crippen LogP contribution in [-0.2, 0) is 0 Å². The topological polar surface area (TPSA) is 60.7 Å². The minimum Gasteiger partial charge on any atom is -0.511 e. The van der Waals surface area contributed by atoms with Crippen LogP contribution in [0, 0.1) is 10.8 Å². The fourth-order valence-corrected chi connectivity index (χ4v) is 4.61. The van der Waals surface area contributed by atoms with E-state index in [2.05, 4.69) is 6.08 Å². The molecule has 2 atom stereocenters. The Morgan fingerprint density at radius 3 is 2.81 bits per heavy atom. The summed E-state index contributed by atoms with van der Waals surface area (Å²) in [7, 11) is 0. The average molecular weight is 278 g/mol. The molecule has 2 unspecified atom stereocenters. The molecule has 5 aliphatic carbocycles. The first-order chi connectivity index (χ1) is 10.1. The quantitative estimate of drug-likeness (QED) is 0.631. The number of allylic oxidation sites excluding steroid dienone is 10. The van der Waals surface area contributed by atoms with Gasteiger partial charge in [0.25, 0.3) is 0 Å². The van der Waals surface area contributed by atoms with Gasteiger partial charge in [0.15, 0.2) is 0 Å². The van der Waals surface area contributed by atoms with Crippen molar-refractivity contribution in [3.05, 3.63) is 82.1 Å². The van der Waals surface area contributed by atoms with Gasteiger partial charge >= 0.3 is 0 Å². The highest BCUT2D eigenvalue weighted by Crippen LogP contribution is 2.80. The predicted octanol–water partition coefficient (Wildman–Crippen LogP) is 3.84. The Labute approximate surface area is 121 Å². The SMILES string of the molecule is OC1=CC2=CCC3=C4C=CC=C4C(O)=CC34CC24C(O)=C1. The first-order valence-corrected chi connectivity index (χ1v) is 7.15. The van der Waals surface area contributed by atoms with Crippen LogP contribution < -0.4 is 0 Å². The van der Waals surface area contributed by atoms with Crippen LogP contribution in [0.15, 0.2) is 82.1 Å². The van der Waals surface area contributed by atoms with E-state index in [0.717, 1.165) is 29.6 Å². The molecule has 5 aliphatic rings. The van der Waals surface area contributed by atoms with Crippen molar-refractivity contribution in [2.45, 2.75) is 12.8 Å². The molecule has 2 spiro atoms. The van der Waals surface area contributed by atoms with Gasteiger partial charge in [-0.25, -0.2) is 0 Å². The van der Waals surface area contributed by atoms with Gasteiger partial charge in [-0.15, -0.1) is 0 Å². The van der Waals surface area contributed by atoms with Crippen LogP contribution in [0.1, 0.15) is 12.8 Å². The first kappa shape index (κ1) is 11.3. The summed E-state index contributed by atoms with van der Waals surface area (Å²) in [6, 6.07) is 0. The number of hydrogen-bond acceptors (Lipinski definition) is 3. The van der Waals surface area contributed by atoms with Crippen LogP contribution in [0.2, 0.25) is 0 Å². The van der Waals surface area contributed by atoms with Crippen molar-refractivity contribution in [1.29, 1.82) is 0 Å². The van der Waals surface area contributed by atoms with E-state index in [-0.39, 0.29) is 16.9 Å². The lowest BCUT2D eigenvalue weighted by Crippen LogP contribution is -2.27. The second-order valence-electron chi connectivity index (χ2n) is 6.38. The molecular weight excluding hydrogens is 264 g/mol. The molecule has 0 radical (unpaired) electrons. The van der Waals surface area contributed by atoms with Gasteiger partial charge in [-0.3, -0.25) is 0 Å². The van der Waals surface area contributed by atoms with Gasteiger partial charge < -0.3 is 15.3 Å². The van der Waals surface area contributed by atoms with E-state index in [1.54, 1.807) is 6.08 Å². The van der Waals surface area contributed by atoms with E-state index in [1.165, 1.54) is 11.6 Å². The normalized spacial score (nSPS) is 38.2. The fraction of sp³-hybridized carbons (Fsp3) is 0.222. The van der Waals surface area contributed by atoms with Crippen LogP contribution in [-0.4, -0.2) is 15.3 Å². The number of aliphatic hydroxyl groups excluding tert-OH is 3. The van der Waals surface area contributed by atoms with Crippen molar-refractivity contribution >= 4 is 0 Å². The Morgan fingerprint density at radius 1 is 1.10 bits per heavy atom. The van der Waals surface area contributed by atoms with Crippen molar-refractivity contribution in [2.24, 2.45) is 10.8 Å². The van der Waals surface area contributed by atoms with Gasteiger partial charge in [0.2, 0.25) is 0 Å². The van der Waals surface area contributed by atoms with Crippen LogP contribution in [0.4, 0.5) is 0 Å². The smallest absolute Gasteiger partial charge is 0.120 e. The monoisotopic (exact) mass is 278 g/mol. The Kier molecular flexibility index (Phi) is 1.65. The third-order valence-electron chi connectivity index (χ3n) is 5.56. The van der Waals surface area contributed by atoms with Gasteiger partial charge in [-0.1, -0.05) is 24.3 Å². The molecule has 0 heterocycles. The van der Waals surface area contributed by atoms with E-state index in [1.807, 2.05) is 24.3 Å². The van der Waals surface area contributed by atoms with Gasteiger partial charge in [-0.05, 0) is 41.7 Å². The molecule has 0 amide bonds. The molecule has 3 nitrogen and oxygen atoms in total. The van der Waals surface area contributed by atoms with E-state index in [9.17, 15) is 15.3 Å². The Bertz CT molecular complexity index is 829. The summed E-state index contributed by atoms with van der Waals surface area (Å²) < 4.78 is 0. The van der Waals surface area contributed by atoms with E-state index < -0.39 is 5.41 Å². The van der Waals surface area contributed by atoms with Gasteiger partial charge in [0.1, 0.15) is 17.3 Å². The van der Waals surface area contributed by atoms with Crippen molar-refractivity contribution in [1.82, 2.24) is 0 Å². The van der Waals surface area contributed by atoms with Crippen molar-refractivity contribution in [2.75, 3.05) is 0 Å². The Morgan fingerprint density at radius 2 is 1.95 bits per heavy atom. The molecule has 21 heavy (non-hydrogen) atoms. The summed E-state index contributed by atoms with van der Waals surface area (Å²) in [5, 5.41) is 30.6. The molecule has 0 saturated heterocycles. The van der Waals surface area contributed by atoms with E-state index in [0.29, 0.717) is 5.76 Å². The minimum atomic E-state index is -0.490. The number of rotatable bonds is 0. The van der Waals surface area contributed by atoms with Crippen molar-refractivity contribution < 1.29 is 15.3 Å². The maximum atomic E-state index is 10.5. The van der Waals surface area contributed by atoms with Gasteiger partial charge in [0, 0.05) is 17.1 Å². The summed E-state index contributed by atoms with van der Waals surface area (Å²) in [6.07, 6.45) is 14.6. The molecule has 1 saturated carbocycles. The van der Waals surface area contributed by atoms with Gasteiger partial charge in [-0.2, -0.15) is 0 Å². The summed E-state index contributed by atoms with van der Waals surface area (Å²) >= 11 is 0. The molecular formula is C18H14O3. The summed E-state index contributed by atoms with van der Waals surface area (Å²) in [4.78, 5) is 0. The van der Waals surface area contributed by atoms with Crippen LogP contribution >= 0.6 is 0 Å². The average Bonchev–Trinajstić information content (AvgIpc) is 2.86. The zero-order valence-corrected chi connectivity index (χ0v) is 11.3. The summed E-state index contributed by atoms with van der Waals surface area (Å²) in [6.45, 7) is 0. The van der Waals surface area contributed by atoms with Crippen molar-refractivity contribution in [3.63, 3.8) is 0 Å². The highest BCUT2D eigenvalue weighted by Gasteiger charge is 2.74. The van der Waals surface area contributed by atoms with E-state index >= 15 is 0 Å². The standard InChI is InChI=1S/C18H14O3/c19-11-6-10-4-5-14-12-2-1-3-13(12)15(20)8-17(14)9-18(10,17)16(21)7-11/h1-4,6-8,19-21H,5,9H2. The molecule has 3 heteroatoms. The molecule has 5 rings (SSSR count). The van der Waals surface area contributed by atoms with Gasteiger partial charge in [0.05, 0.1) is 5.41 Å². The second-order valence-corrected chi connectivity index (χ2v) is 6.38. The predicted molar refractivity (Wildman–Crippen MR) is 78.6 cm³/mol. The highest BCUT2D eigenvalue weighted by molar-refractivity contribution is 5.71. The highest BCUT2D eigenvalue weighted by atomic mass is 16.3. The Balaban J connectivity index is 1.81. The lowest BCUT2D eigenvalue weighted by Gasteiger charge is -2.36. The molecule has 0 aromatic carbocycles. The largest absolute Gasteiger partial charge is 0.511 e.